The minimum absolute atomic E-state index is 0.0261. The summed E-state index contributed by atoms with van der Waals surface area (Å²) < 4.78 is 17.1. The zero-order valence-corrected chi connectivity index (χ0v) is 14.7. The SMILES string of the molecule is CCOc1cc(OCCN2COc3ccccc3C2=O)ccc1CC. The number of amides is 1. The summed E-state index contributed by atoms with van der Waals surface area (Å²) in [5, 5.41) is 0. The molecule has 25 heavy (non-hydrogen) atoms. The molecule has 0 aliphatic carbocycles. The molecule has 2 aromatic carbocycles. The van der Waals surface area contributed by atoms with Crippen molar-refractivity contribution in [3.05, 3.63) is 53.6 Å². The molecule has 5 nitrogen and oxygen atoms in total. The number of carbonyl (C=O) groups excluding carboxylic acids is 1. The second-order valence-corrected chi connectivity index (χ2v) is 5.74. The predicted octanol–water partition coefficient (Wildman–Crippen LogP) is 3.52. The lowest BCUT2D eigenvalue weighted by atomic mass is 10.1. The number of fused-ring (bicyclic) bond motifs is 1. The number of para-hydroxylation sites is 1. The number of benzene rings is 2. The third-order valence-corrected chi connectivity index (χ3v) is 4.13. The van der Waals surface area contributed by atoms with E-state index in [-0.39, 0.29) is 12.6 Å². The molecule has 0 spiro atoms. The van der Waals surface area contributed by atoms with Crippen LogP contribution < -0.4 is 14.2 Å². The van der Waals surface area contributed by atoms with E-state index in [9.17, 15) is 4.79 Å². The van der Waals surface area contributed by atoms with Crippen LogP contribution in [0, 0.1) is 0 Å². The molecule has 5 heteroatoms. The molecular formula is C20H23NO4. The monoisotopic (exact) mass is 341 g/mol. The Morgan fingerprint density at radius 3 is 2.76 bits per heavy atom. The van der Waals surface area contributed by atoms with E-state index >= 15 is 0 Å². The lowest BCUT2D eigenvalue weighted by molar-refractivity contribution is 0.0482. The Bertz CT molecular complexity index is 744. The lowest BCUT2D eigenvalue weighted by Crippen LogP contribution is -2.40. The van der Waals surface area contributed by atoms with Gasteiger partial charge in [0.2, 0.25) is 0 Å². The van der Waals surface area contributed by atoms with Gasteiger partial charge in [-0.15, -0.1) is 0 Å². The molecule has 2 aromatic rings. The maximum atomic E-state index is 12.5. The molecule has 0 saturated carbocycles. The number of ether oxygens (including phenoxy) is 3. The molecule has 0 aromatic heterocycles. The summed E-state index contributed by atoms with van der Waals surface area (Å²) in [5.74, 6) is 2.21. The highest BCUT2D eigenvalue weighted by molar-refractivity contribution is 5.97. The summed E-state index contributed by atoms with van der Waals surface area (Å²) in [4.78, 5) is 14.1. The van der Waals surface area contributed by atoms with E-state index in [1.165, 1.54) is 0 Å². The Morgan fingerprint density at radius 1 is 1.12 bits per heavy atom. The van der Waals surface area contributed by atoms with Crippen LogP contribution in [0.25, 0.3) is 0 Å². The Kier molecular flexibility index (Phi) is 5.43. The van der Waals surface area contributed by atoms with Crippen LogP contribution in [-0.4, -0.2) is 37.3 Å². The first kappa shape index (κ1) is 17.1. The molecule has 0 atom stereocenters. The zero-order valence-electron chi connectivity index (χ0n) is 14.7. The molecule has 0 unspecified atom stereocenters. The summed E-state index contributed by atoms with van der Waals surface area (Å²) in [6.45, 7) is 5.79. The molecule has 1 heterocycles. The van der Waals surface area contributed by atoms with Gasteiger partial charge in [0.15, 0.2) is 6.73 Å². The second-order valence-electron chi connectivity index (χ2n) is 5.74. The maximum Gasteiger partial charge on any atom is 0.260 e. The van der Waals surface area contributed by atoms with Crippen molar-refractivity contribution in [2.75, 3.05) is 26.5 Å². The first-order chi connectivity index (χ1) is 12.2. The van der Waals surface area contributed by atoms with Gasteiger partial charge >= 0.3 is 0 Å². The van der Waals surface area contributed by atoms with E-state index in [0.717, 1.165) is 23.5 Å². The fraction of sp³-hybridized carbons (Fsp3) is 0.350. The average molecular weight is 341 g/mol. The van der Waals surface area contributed by atoms with Gasteiger partial charge in [-0.2, -0.15) is 0 Å². The molecular weight excluding hydrogens is 318 g/mol. The van der Waals surface area contributed by atoms with Gasteiger partial charge in [-0.1, -0.05) is 25.1 Å². The fourth-order valence-electron chi connectivity index (χ4n) is 2.79. The zero-order chi connectivity index (χ0) is 17.6. The highest BCUT2D eigenvalue weighted by atomic mass is 16.5. The molecule has 3 rings (SSSR count). The van der Waals surface area contributed by atoms with Crippen molar-refractivity contribution in [1.82, 2.24) is 4.90 Å². The number of aryl methyl sites for hydroxylation is 1. The summed E-state index contributed by atoms with van der Waals surface area (Å²) >= 11 is 0. The Balaban J connectivity index is 1.58. The third-order valence-electron chi connectivity index (χ3n) is 4.13. The summed E-state index contributed by atoms with van der Waals surface area (Å²) in [6.07, 6.45) is 0.911. The van der Waals surface area contributed by atoms with Gasteiger partial charge in [-0.25, -0.2) is 0 Å². The topological polar surface area (TPSA) is 48.0 Å². The van der Waals surface area contributed by atoms with Gasteiger partial charge in [0.05, 0.1) is 18.7 Å². The Hall–Kier alpha value is -2.69. The van der Waals surface area contributed by atoms with Crippen molar-refractivity contribution in [2.45, 2.75) is 20.3 Å². The van der Waals surface area contributed by atoms with E-state index in [2.05, 4.69) is 6.92 Å². The Labute approximate surface area is 148 Å². The van der Waals surface area contributed by atoms with Crippen LogP contribution in [-0.2, 0) is 6.42 Å². The van der Waals surface area contributed by atoms with Crippen LogP contribution in [0.4, 0.5) is 0 Å². The molecule has 1 aliphatic rings. The lowest BCUT2D eigenvalue weighted by Gasteiger charge is -2.28. The smallest absolute Gasteiger partial charge is 0.260 e. The van der Waals surface area contributed by atoms with Crippen LogP contribution in [0.3, 0.4) is 0 Å². The molecule has 0 radical (unpaired) electrons. The van der Waals surface area contributed by atoms with Gasteiger partial charge in [0.25, 0.3) is 5.91 Å². The number of carbonyl (C=O) groups is 1. The number of hydrogen-bond donors (Lipinski definition) is 0. The number of nitrogens with zero attached hydrogens (tertiary/aromatic N) is 1. The molecule has 0 fully saturated rings. The van der Waals surface area contributed by atoms with Gasteiger partial charge in [-0.3, -0.25) is 4.79 Å². The summed E-state index contributed by atoms with van der Waals surface area (Å²) in [5.41, 5.74) is 1.75. The average Bonchev–Trinajstić information content (AvgIpc) is 2.64. The van der Waals surface area contributed by atoms with E-state index < -0.39 is 0 Å². The van der Waals surface area contributed by atoms with Gasteiger partial charge in [0.1, 0.15) is 23.9 Å². The van der Waals surface area contributed by atoms with Crippen LogP contribution in [0.5, 0.6) is 17.2 Å². The van der Waals surface area contributed by atoms with Crippen molar-refractivity contribution in [1.29, 1.82) is 0 Å². The van der Waals surface area contributed by atoms with E-state index in [1.807, 2.05) is 43.3 Å². The minimum atomic E-state index is -0.0261. The molecule has 0 saturated heterocycles. The van der Waals surface area contributed by atoms with Gasteiger partial charge < -0.3 is 19.1 Å². The third kappa shape index (κ3) is 3.87. The van der Waals surface area contributed by atoms with Crippen LogP contribution in [0.1, 0.15) is 29.8 Å². The predicted molar refractivity (Wildman–Crippen MR) is 95.5 cm³/mol. The number of hydrogen-bond acceptors (Lipinski definition) is 4. The van der Waals surface area contributed by atoms with E-state index in [0.29, 0.717) is 31.1 Å². The van der Waals surface area contributed by atoms with Crippen molar-refractivity contribution < 1.29 is 19.0 Å². The first-order valence-corrected chi connectivity index (χ1v) is 8.62. The quantitative estimate of drug-likeness (QED) is 0.773. The summed E-state index contributed by atoms with van der Waals surface area (Å²) in [6, 6.07) is 13.2. The van der Waals surface area contributed by atoms with Crippen LogP contribution >= 0.6 is 0 Å². The highest BCUT2D eigenvalue weighted by Gasteiger charge is 2.24. The minimum Gasteiger partial charge on any atom is -0.493 e. The van der Waals surface area contributed by atoms with Crippen molar-refractivity contribution >= 4 is 5.91 Å². The normalized spacial score (nSPS) is 13.2. The molecule has 132 valence electrons. The first-order valence-electron chi connectivity index (χ1n) is 8.62. The second kappa shape index (κ2) is 7.92. The molecule has 0 bridgehead atoms. The standard InChI is InChI=1S/C20H23NO4/c1-3-15-9-10-16(13-19(15)23-4-2)24-12-11-21-14-25-18-8-6-5-7-17(18)20(21)22/h5-10,13H,3-4,11-12,14H2,1-2H3. The highest BCUT2D eigenvalue weighted by Crippen LogP contribution is 2.26. The van der Waals surface area contributed by atoms with Gasteiger partial charge in [-0.05, 0) is 37.1 Å². The van der Waals surface area contributed by atoms with E-state index in [4.69, 9.17) is 14.2 Å². The van der Waals surface area contributed by atoms with Crippen LogP contribution in [0.2, 0.25) is 0 Å². The maximum absolute atomic E-state index is 12.5. The Morgan fingerprint density at radius 2 is 1.96 bits per heavy atom. The summed E-state index contributed by atoms with van der Waals surface area (Å²) in [7, 11) is 0. The molecule has 1 amide bonds. The van der Waals surface area contributed by atoms with Crippen molar-refractivity contribution in [2.24, 2.45) is 0 Å². The largest absolute Gasteiger partial charge is 0.493 e. The molecule has 0 N–H and O–H groups in total. The van der Waals surface area contributed by atoms with E-state index in [1.54, 1.807) is 11.0 Å². The number of rotatable bonds is 7. The fourth-order valence-corrected chi connectivity index (χ4v) is 2.79. The van der Waals surface area contributed by atoms with Gasteiger partial charge in [0, 0.05) is 6.07 Å². The van der Waals surface area contributed by atoms with Crippen LogP contribution in [0.15, 0.2) is 42.5 Å². The van der Waals surface area contributed by atoms with Crippen molar-refractivity contribution in [3.63, 3.8) is 0 Å². The molecule has 1 aliphatic heterocycles. The van der Waals surface area contributed by atoms with Crippen molar-refractivity contribution in [3.8, 4) is 17.2 Å².